The summed E-state index contributed by atoms with van der Waals surface area (Å²) in [5.74, 6) is 5.62. The average molecular weight is 542 g/mol. The van der Waals surface area contributed by atoms with Gasteiger partial charge in [-0.25, -0.2) is 0 Å². The van der Waals surface area contributed by atoms with Gasteiger partial charge in [0, 0.05) is 17.3 Å². The van der Waals surface area contributed by atoms with E-state index in [2.05, 4.69) is 6.07 Å². The number of aliphatic imine (C=N–C) groups is 1. The number of halogens is 2. The Morgan fingerprint density at radius 3 is 2.16 bits per heavy atom. The molecule has 1 aromatic rings. The Bertz CT molecular complexity index is 810. The fourth-order valence-electron chi connectivity index (χ4n) is 8.26. The summed E-state index contributed by atoms with van der Waals surface area (Å²) in [5.41, 5.74) is 2.19. The first kappa shape index (κ1) is 22.7. The number of hydrogen-bond donors (Lipinski definition) is 1. The van der Waals surface area contributed by atoms with Crippen LogP contribution in [0.4, 0.5) is 0 Å². The van der Waals surface area contributed by atoms with E-state index in [9.17, 15) is 5.11 Å². The van der Waals surface area contributed by atoms with Gasteiger partial charge in [-0.15, -0.1) is 0 Å². The van der Waals surface area contributed by atoms with Crippen LogP contribution < -0.4 is 4.74 Å². The number of phenolic OH excluding ortho intramolecular Hbond substituents is 1. The van der Waals surface area contributed by atoms with Gasteiger partial charge in [0.1, 0.15) is 11.5 Å². The number of hydrogen-bond acceptors (Lipinski definition) is 3. The van der Waals surface area contributed by atoms with Gasteiger partial charge < -0.3 is 9.84 Å². The van der Waals surface area contributed by atoms with Crippen molar-refractivity contribution < 1.29 is 30.7 Å². The van der Waals surface area contributed by atoms with Crippen LogP contribution in [0.1, 0.15) is 75.3 Å². The van der Waals surface area contributed by atoms with Gasteiger partial charge in [-0.3, -0.25) is 4.99 Å². The summed E-state index contributed by atoms with van der Waals surface area (Å²) in [6.45, 7) is 0. The number of fused-ring (bicyclic) bond motifs is 2. The second-order valence-corrected chi connectivity index (χ2v) is 14.6. The second kappa shape index (κ2) is 9.30. The molecule has 0 amide bonds. The Balaban J connectivity index is 0.000000646. The molecule has 6 heteroatoms. The fraction of sp³-hybridized carbons (Fsp3) is 0.720. The number of benzene rings is 1. The Hall–Kier alpha value is -0.0469. The maximum atomic E-state index is 11.3. The SMILES string of the molecule is COc1cc(C=NC2CC3CCC2C3)c(O)c(C23CC4CC(CC(C4)C2)C3)c1.[Cl][Zr][Cl]. The van der Waals surface area contributed by atoms with E-state index in [0.29, 0.717) is 11.8 Å². The Morgan fingerprint density at radius 2 is 1.65 bits per heavy atom. The summed E-state index contributed by atoms with van der Waals surface area (Å²) in [7, 11) is 11.6. The molecule has 168 valence electrons. The van der Waals surface area contributed by atoms with Crippen molar-refractivity contribution in [2.45, 2.75) is 75.7 Å². The van der Waals surface area contributed by atoms with Crippen molar-refractivity contribution in [3.8, 4) is 11.5 Å². The maximum absolute atomic E-state index is 11.3. The Morgan fingerprint density at radius 1 is 1.00 bits per heavy atom. The number of ether oxygens (including phenoxy) is 1. The molecule has 0 aliphatic heterocycles. The van der Waals surface area contributed by atoms with Gasteiger partial charge in [0.2, 0.25) is 0 Å². The number of nitrogens with zero attached hydrogens (tertiary/aromatic N) is 1. The molecule has 3 nitrogen and oxygen atoms in total. The van der Waals surface area contributed by atoms with Crippen molar-refractivity contribution in [2.24, 2.45) is 34.6 Å². The van der Waals surface area contributed by atoms with Gasteiger partial charge in [-0.05, 0) is 105 Å². The molecular formula is C25H33Cl2NO2Zr. The van der Waals surface area contributed by atoms with E-state index in [4.69, 9.17) is 26.8 Å². The number of rotatable bonds is 4. The third kappa shape index (κ3) is 4.40. The molecule has 6 bridgehead atoms. The van der Waals surface area contributed by atoms with Crippen molar-refractivity contribution in [3.05, 3.63) is 23.3 Å². The molecule has 3 atom stereocenters. The third-order valence-corrected chi connectivity index (χ3v) is 9.06. The van der Waals surface area contributed by atoms with Crippen molar-refractivity contribution in [1.82, 2.24) is 0 Å². The molecule has 0 spiro atoms. The monoisotopic (exact) mass is 539 g/mol. The molecule has 6 saturated carbocycles. The minimum absolute atomic E-state index is 0.169. The van der Waals surface area contributed by atoms with Gasteiger partial charge in [0.05, 0.1) is 13.2 Å². The van der Waals surface area contributed by atoms with E-state index in [1.165, 1.54) is 64.2 Å². The van der Waals surface area contributed by atoms with Crippen LogP contribution in [0.2, 0.25) is 0 Å². The van der Waals surface area contributed by atoms with Crippen LogP contribution in [0.25, 0.3) is 0 Å². The van der Waals surface area contributed by atoms with Crippen LogP contribution in [-0.4, -0.2) is 24.5 Å². The fourth-order valence-corrected chi connectivity index (χ4v) is 8.26. The number of aromatic hydroxyl groups is 1. The zero-order valence-corrected chi connectivity index (χ0v) is 22.3. The first-order valence-corrected chi connectivity index (χ1v) is 18.3. The van der Waals surface area contributed by atoms with Gasteiger partial charge >= 0.3 is 37.9 Å². The summed E-state index contributed by atoms with van der Waals surface area (Å²) in [6, 6.07) is 4.58. The van der Waals surface area contributed by atoms with E-state index < -0.39 is 20.8 Å². The molecule has 0 radical (unpaired) electrons. The summed E-state index contributed by atoms with van der Waals surface area (Å²) < 4.78 is 5.66. The Kier molecular flexibility index (Phi) is 6.82. The summed E-state index contributed by atoms with van der Waals surface area (Å²) in [4.78, 5) is 4.96. The number of methoxy groups -OCH3 is 1. The molecule has 0 heterocycles. The summed E-state index contributed by atoms with van der Waals surface area (Å²) in [6.07, 6.45) is 15.3. The standard InChI is InChI=1S/C25H33NO2.2ClH.Zr/c1-28-21-9-20(14-26-23-8-15-2-3-19(23)7-15)24(27)22(10-21)25-11-16-4-17(12-25)6-18(5-16)13-25;;;/h9-10,14-19,23,27H,2-8,11-13H2,1H3;2*1H;/q;;;+2/p-2. The predicted octanol–water partition coefficient (Wildman–Crippen LogP) is 6.85. The molecule has 1 aromatic carbocycles. The van der Waals surface area contributed by atoms with Crippen LogP contribution in [0, 0.1) is 29.6 Å². The third-order valence-electron chi connectivity index (χ3n) is 9.06. The normalized spacial score (nSPS) is 39.6. The second-order valence-electron chi connectivity index (χ2n) is 10.9. The van der Waals surface area contributed by atoms with Gasteiger partial charge in [-0.1, -0.05) is 6.42 Å². The zero-order valence-electron chi connectivity index (χ0n) is 18.3. The van der Waals surface area contributed by atoms with Gasteiger partial charge in [0.15, 0.2) is 0 Å². The molecular weight excluding hydrogens is 508 g/mol. The van der Waals surface area contributed by atoms with Crippen molar-refractivity contribution in [3.63, 3.8) is 0 Å². The van der Waals surface area contributed by atoms with E-state index in [0.717, 1.165) is 46.5 Å². The van der Waals surface area contributed by atoms with Crippen molar-refractivity contribution >= 4 is 23.2 Å². The van der Waals surface area contributed by atoms with E-state index in [1.807, 2.05) is 12.3 Å². The van der Waals surface area contributed by atoms with Crippen LogP contribution in [-0.2, 0) is 26.3 Å². The topological polar surface area (TPSA) is 41.8 Å². The van der Waals surface area contributed by atoms with Crippen LogP contribution >= 0.6 is 17.0 Å². The quantitative estimate of drug-likeness (QED) is 0.424. The van der Waals surface area contributed by atoms with Crippen molar-refractivity contribution in [2.75, 3.05) is 7.11 Å². The Labute approximate surface area is 205 Å². The van der Waals surface area contributed by atoms with Crippen LogP contribution in [0.5, 0.6) is 11.5 Å². The molecule has 6 aliphatic carbocycles. The van der Waals surface area contributed by atoms with E-state index in [-0.39, 0.29) is 5.41 Å². The molecule has 7 rings (SSSR count). The first-order valence-electron chi connectivity index (χ1n) is 11.9. The van der Waals surface area contributed by atoms with E-state index >= 15 is 0 Å². The summed E-state index contributed by atoms with van der Waals surface area (Å²) in [5, 5.41) is 11.3. The molecule has 1 N–H and O–H groups in total. The molecule has 0 aromatic heterocycles. The average Bonchev–Trinajstić information content (AvgIpc) is 3.36. The zero-order chi connectivity index (χ0) is 21.6. The number of phenols is 1. The molecule has 6 aliphatic rings. The molecule has 0 saturated heterocycles. The van der Waals surface area contributed by atoms with Gasteiger partial charge in [0.25, 0.3) is 0 Å². The summed E-state index contributed by atoms with van der Waals surface area (Å²) >= 11 is -0.826. The first-order chi connectivity index (χ1) is 15.0. The van der Waals surface area contributed by atoms with Crippen LogP contribution in [0.3, 0.4) is 0 Å². The van der Waals surface area contributed by atoms with Gasteiger partial charge in [-0.2, -0.15) is 0 Å². The van der Waals surface area contributed by atoms with Crippen LogP contribution in [0.15, 0.2) is 17.1 Å². The molecule has 6 fully saturated rings. The van der Waals surface area contributed by atoms with E-state index in [1.54, 1.807) is 7.11 Å². The van der Waals surface area contributed by atoms with Crippen molar-refractivity contribution in [1.29, 1.82) is 0 Å². The minimum atomic E-state index is -0.826. The molecule has 31 heavy (non-hydrogen) atoms. The molecule has 3 unspecified atom stereocenters. The predicted molar refractivity (Wildman–Crippen MR) is 123 cm³/mol.